The van der Waals surface area contributed by atoms with Crippen LogP contribution in [0.1, 0.15) is 16.2 Å². The first-order valence-corrected chi connectivity index (χ1v) is 12.7. The monoisotopic (exact) mass is 494 g/mol. The van der Waals surface area contributed by atoms with E-state index in [1.165, 1.54) is 16.6 Å². The fraction of sp³-hybridized carbons (Fsp3) is 0.292. The Morgan fingerprint density at radius 2 is 1.97 bits per heavy atom. The maximum Gasteiger partial charge on any atom is 0.287 e. The van der Waals surface area contributed by atoms with Gasteiger partial charge in [0.1, 0.15) is 11.1 Å². The van der Waals surface area contributed by atoms with Gasteiger partial charge in [-0.05, 0) is 43.5 Å². The van der Waals surface area contributed by atoms with E-state index in [0.29, 0.717) is 11.3 Å². The van der Waals surface area contributed by atoms with Crippen molar-refractivity contribution >= 4 is 26.9 Å². The standard InChI is InChI=1S/C24H26N6O4S/c1-28-10-12-29(13-11-28)23-4-2-3-9-30(23)35(32,33)20-6-5-19(26-16-20)15-27-24(31)21-14-18-7-8-25-17-22(18)34-21/h2-9,14,16-17,23H,10-13,15H2,1H3,(H,27,31). The summed E-state index contributed by atoms with van der Waals surface area (Å²) in [6, 6.07) is 6.53. The van der Waals surface area contributed by atoms with Crippen LogP contribution < -0.4 is 5.32 Å². The van der Waals surface area contributed by atoms with Gasteiger partial charge in [-0.2, -0.15) is 0 Å². The fourth-order valence-corrected chi connectivity index (χ4v) is 5.49. The molecule has 35 heavy (non-hydrogen) atoms. The van der Waals surface area contributed by atoms with E-state index in [1.807, 2.05) is 12.2 Å². The van der Waals surface area contributed by atoms with E-state index in [2.05, 4.69) is 32.1 Å². The van der Waals surface area contributed by atoms with E-state index in [0.717, 1.165) is 31.6 Å². The number of amides is 1. The number of fused-ring (bicyclic) bond motifs is 1. The molecule has 2 aliphatic heterocycles. The number of rotatable bonds is 6. The average molecular weight is 495 g/mol. The predicted octanol–water partition coefficient (Wildman–Crippen LogP) is 1.80. The number of furan rings is 1. The van der Waals surface area contributed by atoms with Crippen LogP contribution in [0.4, 0.5) is 0 Å². The number of likely N-dealkylation sites (N-methyl/N-ethyl adjacent to an activating group) is 1. The number of carbonyl (C=O) groups excluding carboxylic acids is 1. The van der Waals surface area contributed by atoms with Crippen LogP contribution in [0, 0.1) is 0 Å². The predicted molar refractivity (Wildman–Crippen MR) is 130 cm³/mol. The summed E-state index contributed by atoms with van der Waals surface area (Å²) in [6.07, 6.45) is 11.2. The molecular formula is C24H26N6O4S. The number of piperazine rings is 1. The molecule has 1 unspecified atom stereocenters. The molecule has 0 saturated carbocycles. The molecule has 0 aromatic carbocycles. The quantitative estimate of drug-likeness (QED) is 0.552. The summed E-state index contributed by atoms with van der Waals surface area (Å²) in [6.45, 7) is 3.46. The number of hydrogen-bond donors (Lipinski definition) is 1. The van der Waals surface area contributed by atoms with Crippen LogP contribution in [-0.4, -0.2) is 77.8 Å². The van der Waals surface area contributed by atoms with E-state index in [-0.39, 0.29) is 29.3 Å². The summed E-state index contributed by atoms with van der Waals surface area (Å²) < 4.78 is 33.8. The minimum Gasteiger partial charge on any atom is -0.449 e. The van der Waals surface area contributed by atoms with Crippen molar-refractivity contribution in [2.75, 3.05) is 33.2 Å². The molecular weight excluding hydrogens is 468 g/mol. The molecule has 5 rings (SSSR count). The molecule has 3 aromatic heterocycles. The van der Waals surface area contributed by atoms with E-state index < -0.39 is 10.0 Å². The Bertz CT molecular complexity index is 1340. The molecule has 1 fully saturated rings. The minimum absolute atomic E-state index is 0.0939. The van der Waals surface area contributed by atoms with Gasteiger partial charge in [-0.25, -0.2) is 8.42 Å². The van der Waals surface area contributed by atoms with E-state index in [1.54, 1.807) is 42.9 Å². The molecule has 0 aliphatic carbocycles. The summed E-state index contributed by atoms with van der Waals surface area (Å²) in [5.41, 5.74) is 1.06. The summed E-state index contributed by atoms with van der Waals surface area (Å²) in [5.74, 6) is -0.216. The SMILES string of the molecule is CN1CCN(C2C=CC=CN2S(=O)(=O)c2ccc(CNC(=O)c3cc4ccncc4o3)nc2)CC1. The van der Waals surface area contributed by atoms with Crippen LogP contribution in [0.2, 0.25) is 0 Å². The van der Waals surface area contributed by atoms with Crippen LogP contribution in [0.3, 0.4) is 0 Å². The summed E-state index contributed by atoms with van der Waals surface area (Å²) in [7, 11) is -1.75. The van der Waals surface area contributed by atoms with Gasteiger partial charge < -0.3 is 14.6 Å². The van der Waals surface area contributed by atoms with Gasteiger partial charge in [-0.3, -0.25) is 24.0 Å². The lowest BCUT2D eigenvalue weighted by atomic mass is 10.2. The molecule has 3 aromatic rings. The third-order valence-corrected chi connectivity index (χ3v) is 7.88. The maximum atomic E-state index is 13.4. The van der Waals surface area contributed by atoms with Gasteiger partial charge in [0.25, 0.3) is 15.9 Å². The maximum absolute atomic E-state index is 13.4. The molecule has 5 heterocycles. The molecule has 0 spiro atoms. The highest BCUT2D eigenvalue weighted by Gasteiger charge is 2.33. The molecule has 10 nitrogen and oxygen atoms in total. The van der Waals surface area contributed by atoms with Crippen LogP contribution >= 0.6 is 0 Å². The highest BCUT2D eigenvalue weighted by atomic mass is 32.2. The van der Waals surface area contributed by atoms with Crippen molar-refractivity contribution in [2.45, 2.75) is 17.6 Å². The Morgan fingerprint density at radius 1 is 1.14 bits per heavy atom. The third kappa shape index (κ3) is 4.83. The first-order valence-electron chi connectivity index (χ1n) is 11.3. The summed E-state index contributed by atoms with van der Waals surface area (Å²) >= 11 is 0. The normalized spacial score (nSPS) is 19.3. The van der Waals surface area contributed by atoms with Gasteiger partial charge in [0.05, 0.1) is 18.4 Å². The number of sulfonamides is 1. The molecule has 182 valence electrons. The molecule has 0 radical (unpaired) electrons. The van der Waals surface area contributed by atoms with E-state index >= 15 is 0 Å². The third-order valence-electron chi connectivity index (χ3n) is 6.15. The Morgan fingerprint density at radius 3 is 2.71 bits per heavy atom. The van der Waals surface area contributed by atoms with Crippen molar-refractivity contribution in [2.24, 2.45) is 0 Å². The zero-order chi connectivity index (χ0) is 24.4. The largest absolute Gasteiger partial charge is 0.449 e. The smallest absolute Gasteiger partial charge is 0.287 e. The van der Waals surface area contributed by atoms with Crippen molar-refractivity contribution in [1.29, 1.82) is 0 Å². The number of nitrogens with one attached hydrogen (secondary N) is 1. The highest BCUT2D eigenvalue weighted by Crippen LogP contribution is 2.24. The van der Waals surface area contributed by atoms with Crippen LogP contribution in [0.25, 0.3) is 11.0 Å². The van der Waals surface area contributed by atoms with E-state index in [9.17, 15) is 13.2 Å². The Balaban J connectivity index is 1.26. The van der Waals surface area contributed by atoms with Gasteiger partial charge >= 0.3 is 0 Å². The summed E-state index contributed by atoms with van der Waals surface area (Å²) in [4.78, 5) is 25.2. The number of pyridine rings is 2. The molecule has 1 amide bonds. The molecule has 1 saturated heterocycles. The fourth-order valence-electron chi connectivity index (χ4n) is 4.11. The average Bonchev–Trinajstić information content (AvgIpc) is 3.33. The lowest BCUT2D eigenvalue weighted by Crippen LogP contribution is -2.54. The summed E-state index contributed by atoms with van der Waals surface area (Å²) in [5, 5.41) is 3.53. The van der Waals surface area contributed by atoms with Gasteiger partial charge in [-0.1, -0.05) is 6.08 Å². The lowest BCUT2D eigenvalue weighted by molar-refractivity contribution is 0.0923. The first kappa shape index (κ1) is 23.2. The number of allylic oxidation sites excluding steroid dienone is 2. The van der Waals surface area contributed by atoms with Crippen LogP contribution in [-0.2, 0) is 16.6 Å². The molecule has 11 heteroatoms. The second kappa shape index (κ2) is 9.61. The zero-order valence-electron chi connectivity index (χ0n) is 19.2. The highest BCUT2D eigenvalue weighted by molar-refractivity contribution is 7.89. The van der Waals surface area contributed by atoms with Crippen LogP contribution in [0.15, 0.2) is 76.6 Å². The van der Waals surface area contributed by atoms with Gasteiger partial charge in [0.2, 0.25) is 0 Å². The van der Waals surface area contributed by atoms with Gasteiger partial charge in [-0.15, -0.1) is 0 Å². The minimum atomic E-state index is -3.81. The number of carbonyl (C=O) groups is 1. The van der Waals surface area contributed by atoms with Gasteiger partial charge in [0, 0.05) is 50.2 Å². The lowest BCUT2D eigenvalue weighted by Gasteiger charge is -2.41. The number of aromatic nitrogens is 2. The topological polar surface area (TPSA) is 112 Å². The molecule has 1 N–H and O–H groups in total. The molecule has 1 atom stereocenters. The first-order chi connectivity index (χ1) is 16.9. The second-order valence-corrected chi connectivity index (χ2v) is 10.3. The van der Waals surface area contributed by atoms with Crippen molar-refractivity contribution in [3.8, 4) is 0 Å². The Kier molecular flexibility index (Phi) is 6.37. The van der Waals surface area contributed by atoms with Gasteiger partial charge in [0.15, 0.2) is 11.3 Å². The number of nitrogens with zero attached hydrogens (tertiary/aromatic N) is 5. The second-order valence-electron chi connectivity index (χ2n) is 8.51. The van der Waals surface area contributed by atoms with Crippen LogP contribution in [0.5, 0.6) is 0 Å². The zero-order valence-corrected chi connectivity index (χ0v) is 20.1. The molecule has 2 aliphatic rings. The van der Waals surface area contributed by atoms with Crippen molar-refractivity contribution in [1.82, 2.24) is 29.4 Å². The van der Waals surface area contributed by atoms with E-state index in [4.69, 9.17) is 4.42 Å². The van der Waals surface area contributed by atoms with Crippen molar-refractivity contribution in [3.05, 3.63) is 78.7 Å². The molecule has 0 bridgehead atoms. The number of hydrogen-bond acceptors (Lipinski definition) is 8. The Hall–Kier alpha value is -3.54. The Labute approximate surface area is 203 Å². The van der Waals surface area contributed by atoms with Crippen molar-refractivity contribution < 1.29 is 17.6 Å². The van der Waals surface area contributed by atoms with Crippen molar-refractivity contribution in [3.63, 3.8) is 0 Å².